The lowest BCUT2D eigenvalue weighted by molar-refractivity contribution is -0.161. The first-order valence-corrected chi connectivity index (χ1v) is 35.6. The van der Waals surface area contributed by atoms with Crippen molar-refractivity contribution in [2.24, 2.45) is 5.92 Å². The molecule has 0 heterocycles. The van der Waals surface area contributed by atoms with E-state index in [1.165, 1.54) is 128 Å². The molecule has 2 unspecified atom stereocenters. The topological polar surface area (TPSA) is 237 Å². The summed E-state index contributed by atoms with van der Waals surface area (Å²) < 4.78 is 67.8. The average Bonchev–Trinajstić information content (AvgIpc) is 3.43. The molecule has 3 N–H and O–H groups in total. The van der Waals surface area contributed by atoms with E-state index in [9.17, 15) is 43.2 Å². The van der Waals surface area contributed by atoms with Gasteiger partial charge in [-0.3, -0.25) is 37.3 Å². The molecule has 81 heavy (non-hydrogen) atoms. The molecule has 0 aliphatic heterocycles. The van der Waals surface area contributed by atoms with Gasteiger partial charge in [-0.1, -0.05) is 259 Å². The second-order valence-corrected chi connectivity index (χ2v) is 25.8. The van der Waals surface area contributed by atoms with Crippen molar-refractivity contribution >= 4 is 39.5 Å². The third-order valence-electron chi connectivity index (χ3n) is 14.3. The normalized spacial score (nSPS) is 14.3. The summed E-state index contributed by atoms with van der Waals surface area (Å²) in [6, 6.07) is 0. The van der Waals surface area contributed by atoms with Gasteiger partial charge < -0.3 is 33.8 Å². The van der Waals surface area contributed by atoms with Crippen molar-refractivity contribution in [1.29, 1.82) is 0 Å². The predicted molar refractivity (Wildman–Crippen MR) is 322 cm³/mol. The van der Waals surface area contributed by atoms with Crippen LogP contribution in [0.1, 0.15) is 311 Å². The van der Waals surface area contributed by atoms with Crippen molar-refractivity contribution < 1.29 is 80.2 Å². The quantitative estimate of drug-likeness (QED) is 0.0222. The monoisotopic (exact) mass is 1200 g/mol. The smallest absolute Gasteiger partial charge is 0.462 e. The van der Waals surface area contributed by atoms with Crippen molar-refractivity contribution in [2.75, 3.05) is 39.6 Å². The second-order valence-electron chi connectivity index (χ2n) is 22.9. The molecule has 0 aliphatic carbocycles. The lowest BCUT2D eigenvalue weighted by atomic mass is 10.0. The Hall–Kier alpha value is -1.94. The number of rotatable bonds is 62. The maximum atomic E-state index is 13.0. The summed E-state index contributed by atoms with van der Waals surface area (Å²) in [7, 11) is -9.88. The van der Waals surface area contributed by atoms with Gasteiger partial charge in [-0.25, -0.2) is 9.13 Å². The number of hydrogen-bond acceptors (Lipinski definition) is 15. The fourth-order valence-corrected chi connectivity index (χ4v) is 10.8. The highest BCUT2D eigenvalue weighted by Crippen LogP contribution is 2.45. The Morgan fingerprint density at radius 3 is 0.840 bits per heavy atom. The number of carbonyl (C=O) groups is 4. The van der Waals surface area contributed by atoms with E-state index in [-0.39, 0.29) is 25.7 Å². The molecule has 0 saturated heterocycles. The van der Waals surface area contributed by atoms with Gasteiger partial charge in [0, 0.05) is 25.7 Å². The van der Waals surface area contributed by atoms with Crippen LogP contribution in [0.4, 0.5) is 0 Å². The first-order valence-electron chi connectivity index (χ1n) is 32.6. The van der Waals surface area contributed by atoms with E-state index in [1.54, 1.807) is 0 Å². The van der Waals surface area contributed by atoms with E-state index in [0.717, 1.165) is 102 Å². The van der Waals surface area contributed by atoms with Crippen LogP contribution in [0, 0.1) is 5.92 Å². The van der Waals surface area contributed by atoms with Gasteiger partial charge in [0.25, 0.3) is 0 Å². The highest BCUT2D eigenvalue weighted by molar-refractivity contribution is 7.47. The molecule has 0 rings (SSSR count). The summed E-state index contributed by atoms with van der Waals surface area (Å²) >= 11 is 0. The average molecular weight is 1200 g/mol. The number of phosphoric ester groups is 2. The molecular formula is C62H120O17P2. The first-order chi connectivity index (χ1) is 39.0. The summed E-state index contributed by atoms with van der Waals surface area (Å²) in [6.45, 7) is 7.11. The van der Waals surface area contributed by atoms with Gasteiger partial charge >= 0.3 is 39.5 Å². The largest absolute Gasteiger partial charge is 0.472 e. The van der Waals surface area contributed by atoms with Crippen LogP contribution in [0.2, 0.25) is 0 Å². The Morgan fingerprint density at radius 1 is 0.333 bits per heavy atom. The molecule has 0 amide bonds. The lowest BCUT2D eigenvalue weighted by Crippen LogP contribution is -2.30. The van der Waals surface area contributed by atoms with Gasteiger partial charge in [0.05, 0.1) is 26.4 Å². The van der Waals surface area contributed by atoms with Gasteiger partial charge in [-0.2, -0.15) is 0 Å². The fraction of sp³-hybridized carbons (Fsp3) is 0.935. The lowest BCUT2D eigenvalue weighted by Gasteiger charge is -2.21. The first kappa shape index (κ1) is 79.1. The van der Waals surface area contributed by atoms with Crippen molar-refractivity contribution in [3.8, 4) is 0 Å². The third kappa shape index (κ3) is 56.9. The minimum Gasteiger partial charge on any atom is -0.462 e. The molecule has 17 nitrogen and oxygen atoms in total. The summed E-state index contributed by atoms with van der Waals surface area (Å²) in [5, 5.41) is 10.5. The maximum absolute atomic E-state index is 13.0. The van der Waals surface area contributed by atoms with Crippen LogP contribution in [0.15, 0.2) is 0 Å². The molecule has 0 saturated carbocycles. The standard InChI is InChI=1S/C62H120O17P2/c1-6-9-12-15-18-21-22-23-24-26-33-38-43-48-62(67)79-58(52-73-60(65)46-41-36-31-28-27-29-34-39-44-55(4)5)54-77-81(70,71)75-50-56(63)49-74-80(68,69)76-53-57(51-72-59(64)45-40-35-30-20-17-14-11-8-3)78-61(66)47-42-37-32-25-19-16-13-10-7-2/h55-58,63H,6-54H2,1-5H3,(H,68,69)(H,70,71)/t56-,57+,58+/m0/s1. The summed E-state index contributed by atoms with van der Waals surface area (Å²) in [6.07, 6.45) is 38.9. The number of carbonyl (C=O) groups excluding carboxylic acids is 4. The summed E-state index contributed by atoms with van der Waals surface area (Å²) in [5.74, 6) is -1.41. The van der Waals surface area contributed by atoms with E-state index in [4.69, 9.17) is 37.0 Å². The zero-order chi connectivity index (χ0) is 59.9. The van der Waals surface area contributed by atoms with E-state index in [1.807, 2.05) is 0 Å². The highest BCUT2D eigenvalue weighted by atomic mass is 31.2. The summed E-state index contributed by atoms with van der Waals surface area (Å²) in [5.41, 5.74) is 0. The molecule has 0 bridgehead atoms. The highest BCUT2D eigenvalue weighted by Gasteiger charge is 2.30. The maximum Gasteiger partial charge on any atom is 0.472 e. The molecule has 0 fully saturated rings. The minimum absolute atomic E-state index is 0.106. The number of aliphatic hydroxyl groups is 1. The van der Waals surface area contributed by atoms with E-state index >= 15 is 0 Å². The summed E-state index contributed by atoms with van der Waals surface area (Å²) in [4.78, 5) is 72.0. The fourth-order valence-electron chi connectivity index (χ4n) is 9.23. The van der Waals surface area contributed by atoms with Gasteiger partial charge in [0.2, 0.25) is 0 Å². The van der Waals surface area contributed by atoms with Gasteiger partial charge in [-0.05, 0) is 31.6 Å². The molecule has 0 radical (unpaired) electrons. The van der Waals surface area contributed by atoms with Crippen molar-refractivity contribution in [3.63, 3.8) is 0 Å². The van der Waals surface area contributed by atoms with Crippen LogP contribution in [0.3, 0.4) is 0 Å². The molecule has 5 atom stereocenters. The van der Waals surface area contributed by atoms with Crippen LogP contribution in [-0.2, 0) is 65.4 Å². The molecule has 0 spiro atoms. The molecule has 480 valence electrons. The van der Waals surface area contributed by atoms with E-state index in [0.29, 0.717) is 25.7 Å². The molecule has 0 aromatic rings. The molecule has 19 heteroatoms. The number of esters is 4. The zero-order valence-electron chi connectivity index (χ0n) is 51.9. The van der Waals surface area contributed by atoms with Gasteiger partial charge in [0.15, 0.2) is 12.2 Å². The molecule has 0 aromatic heterocycles. The molecule has 0 aromatic carbocycles. The number of aliphatic hydroxyl groups excluding tert-OH is 1. The van der Waals surface area contributed by atoms with Crippen LogP contribution < -0.4 is 0 Å². The Morgan fingerprint density at radius 2 is 0.568 bits per heavy atom. The second kappa shape index (κ2) is 55.9. The molecule has 0 aliphatic rings. The number of hydrogen-bond donors (Lipinski definition) is 3. The van der Waals surface area contributed by atoms with Crippen molar-refractivity contribution in [1.82, 2.24) is 0 Å². The van der Waals surface area contributed by atoms with Crippen LogP contribution in [0.5, 0.6) is 0 Å². The SMILES string of the molecule is CCCCCCCCCCCCCCCC(=O)O[C@H](COC(=O)CCCCCCCCCCC(C)C)COP(=O)(O)OC[C@@H](O)COP(=O)(O)OC[C@@H](COC(=O)CCCCCCCCCC)OC(=O)CCCCCCCCCCC. The van der Waals surface area contributed by atoms with Crippen LogP contribution in [0.25, 0.3) is 0 Å². The van der Waals surface area contributed by atoms with Gasteiger partial charge in [-0.15, -0.1) is 0 Å². The van der Waals surface area contributed by atoms with E-state index < -0.39 is 97.5 Å². The van der Waals surface area contributed by atoms with Crippen molar-refractivity contribution in [2.45, 2.75) is 329 Å². The Balaban J connectivity index is 5.22. The Kier molecular flexibility index (Phi) is 54.6. The molecular weight excluding hydrogens is 1080 g/mol. The Labute approximate surface area is 492 Å². The van der Waals surface area contributed by atoms with Crippen LogP contribution >= 0.6 is 15.6 Å². The Bertz CT molecular complexity index is 1580. The van der Waals surface area contributed by atoms with Crippen molar-refractivity contribution in [3.05, 3.63) is 0 Å². The minimum atomic E-state index is -4.94. The van der Waals surface area contributed by atoms with Gasteiger partial charge in [0.1, 0.15) is 19.3 Å². The van der Waals surface area contributed by atoms with Crippen LogP contribution in [-0.4, -0.2) is 96.7 Å². The van der Waals surface area contributed by atoms with E-state index in [2.05, 4.69) is 34.6 Å². The number of ether oxygens (including phenoxy) is 4. The predicted octanol–water partition coefficient (Wildman–Crippen LogP) is 17.0. The zero-order valence-corrected chi connectivity index (χ0v) is 53.7. The third-order valence-corrected chi connectivity index (χ3v) is 16.2. The number of unbranched alkanes of at least 4 members (excludes halogenated alkanes) is 34. The number of phosphoric acid groups is 2.